The summed E-state index contributed by atoms with van der Waals surface area (Å²) in [5.74, 6) is 0. The Balaban J connectivity index is 0.000000409. The van der Waals surface area contributed by atoms with E-state index in [1.165, 1.54) is 51.0 Å². The van der Waals surface area contributed by atoms with Crippen molar-refractivity contribution in [1.82, 2.24) is 0 Å². The summed E-state index contributed by atoms with van der Waals surface area (Å²) >= 11 is 0. The molecule has 6 nitrogen and oxygen atoms in total. The topological polar surface area (TPSA) is 114 Å². The quantitative estimate of drug-likeness (QED) is 0.506. The van der Waals surface area contributed by atoms with Crippen molar-refractivity contribution in [3.63, 3.8) is 0 Å². The Kier molecular flexibility index (Phi) is 9.80. The Hall–Kier alpha value is -1.31. The van der Waals surface area contributed by atoms with Crippen molar-refractivity contribution >= 4 is 21.5 Å². The minimum atomic E-state index is -4.51. The third-order valence-electron chi connectivity index (χ3n) is 3.12. The van der Waals surface area contributed by atoms with Crippen LogP contribution in [0.2, 0.25) is 0 Å². The van der Waals surface area contributed by atoms with Gasteiger partial charge in [-0.25, -0.2) is 8.42 Å². The van der Waals surface area contributed by atoms with Gasteiger partial charge < -0.3 is 20.9 Å². The van der Waals surface area contributed by atoms with Crippen molar-refractivity contribution < 1.29 is 17.9 Å². The van der Waals surface area contributed by atoms with Gasteiger partial charge in [-0.15, -0.1) is 0 Å². The maximum atomic E-state index is 10.5. The summed E-state index contributed by atoms with van der Waals surface area (Å²) in [6.45, 7) is 10.9. The third-order valence-corrected chi connectivity index (χ3v) is 4.01. The van der Waals surface area contributed by atoms with Gasteiger partial charge in [0.25, 0.3) is 0 Å². The molecule has 5 N–H and O–H groups in total. The molecule has 1 aromatic rings. The monoisotopic (exact) mass is 331 g/mol. The number of nitrogens with one attached hydrogen (secondary N) is 1. The van der Waals surface area contributed by atoms with Crippen LogP contribution in [0.25, 0.3) is 0 Å². The van der Waals surface area contributed by atoms with Crippen LogP contribution in [0.5, 0.6) is 0 Å². The van der Waals surface area contributed by atoms with E-state index < -0.39 is 15.0 Å². The smallest absolute Gasteiger partial charge is 0.126 e. The van der Waals surface area contributed by atoms with Crippen molar-refractivity contribution in [3.05, 3.63) is 18.2 Å². The lowest BCUT2D eigenvalue weighted by molar-refractivity contribution is -0.900. The molecule has 0 saturated heterocycles. The van der Waals surface area contributed by atoms with Gasteiger partial charge in [-0.2, -0.15) is 0 Å². The van der Waals surface area contributed by atoms with E-state index in [9.17, 15) is 13.0 Å². The molecule has 0 unspecified atom stereocenters. The average molecular weight is 331 g/mol. The van der Waals surface area contributed by atoms with E-state index >= 15 is 0 Å². The number of nitrogens with two attached hydrogens (primary N) is 2. The number of rotatable bonds is 7. The summed E-state index contributed by atoms with van der Waals surface area (Å²) in [6.07, 6.45) is 3.99. The molecular weight excluding hydrogens is 302 g/mol. The summed E-state index contributed by atoms with van der Waals surface area (Å²) in [7, 11) is -4.51. The Morgan fingerprint density at radius 2 is 1.45 bits per heavy atom. The minimum Gasteiger partial charge on any atom is -0.744 e. The molecule has 128 valence electrons. The Morgan fingerprint density at radius 3 is 1.77 bits per heavy atom. The molecule has 22 heavy (non-hydrogen) atoms. The third kappa shape index (κ3) is 8.21. The molecule has 0 saturated carbocycles. The predicted octanol–water partition coefficient (Wildman–Crippen LogP) is 0.856. The molecule has 0 bridgehead atoms. The normalized spacial score (nSPS) is 11.1. The number of benzene rings is 1. The van der Waals surface area contributed by atoms with Crippen molar-refractivity contribution in [2.75, 3.05) is 31.1 Å². The fourth-order valence-corrected chi connectivity index (χ4v) is 2.84. The fraction of sp³-hybridized carbons (Fsp3) is 0.600. The van der Waals surface area contributed by atoms with Gasteiger partial charge in [-0.1, -0.05) is 20.8 Å². The molecule has 0 amide bonds. The fourth-order valence-electron chi connectivity index (χ4n) is 2.20. The van der Waals surface area contributed by atoms with Gasteiger partial charge >= 0.3 is 0 Å². The Labute approximate surface area is 134 Å². The maximum absolute atomic E-state index is 10.5. The van der Waals surface area contributed by atoms with Gasteiger partial charge in [-0.05, 0) is 37.5 Å². The van der Waals surface area contributed by atoms with Crippen LogP contribution in [0.15, 0.2) is 23.1 Å². The lowest BCUT2D eigenvalue weighted by atomic mass is 10.3. The zero-order valence-corrected chi connectivity index (χ0v) is 14.6. The van der Waals surface area contributed by atoms with Crippen molar-refractivity contribution in [2.24, 2.45) is 0 Å². The van der Waals surface area contributed by atoms with Crippen molar-refractivity contribution in [1.29, 1.82) is 0 Å². The molecule has 0 aliphatic carbocycles. The SMILES string of the molecule is CCC[NH+](CCC)CCC.Nc1ccc(N)c(S(=O)(=O)[O-])c1. The molecule has 0 radical (unpaired) electrons. The average Bonchev–Trinajstić information content (AvgIpc) is 2.42. The van der Waals surface area contributed by atoms with Crippen LogP contribution in [0, 0.1) is 0 Å². The molecule has 0 fully saturated rings. The van der Waals surface area contributed by atoms with Crippen LogP contribution in [0.3, 0.4) is 0 Å². The zero-order chi connectivity index (χ0) is 17.2. The van der Waals surface area contributed by atoms with Crippen LogP contribution in [0.4, 0.5) is 11.4 Å². The zero-order valence-electron chi connectivity index (χ0n) is 13.8. The molecule has 0 aliphatic heterocycles. The van der Waals surface area contributed by atoms with Gasteiger partial charge in [0.1, 0.15) is 10.1 Å². The standard InChI is InChI=1S/C9H21N.C6H8N2O3S/c1-4-7-10(8-5-2)9-6-3;7-4-1-2-5(8)6(3-4)12(9,10)11/h4-9H2,1-3H3;1-3H,7-8H2,(H,9,10,11). The van der Waals surface area contributed by atoms with E-state index in [1.54, 1.807) is 4.90 Å². The highest BCUT2D eigenvalue weighted by atomic mass is 32.2. The van der Waals surface area contributed by atoms with Gasteiger partial charge in [0.05, 0.1) is 24.5 Å². The first-order valence-electron chi connectivity index (χ1n) is 7.70. The van der Waals surface area contributed by atoms with Crippen LogP contribution in [-0.2, 0) is 10.1 Å². The summed E-state index contributed by atoms with van der Waals surface area (Å²) < 4.78 is 31.5. The molecule has 7 heteroatoms. The first kappa shape index (κ1) is 20.7. The summed E-state index contributed by atoms with van der Waals surface area (Å²) in [5, 5.41) is 0. The van der Waals surface area contributed by atoms with Crippen LogP contribution in [-0.4, -0.2) is 32.6 Å². The van der Waals surface area contributed by atoms with Crippen molar-refractivity contribution in [2.45, 2.75) is 44.9 Å². The van der Waals surface area contributed by atoms with Gasteiger partial charge in [-0.3, -0.25) is 0 Å². The molecule has 0 atom stereocenters. The first-order chi connectivity index (χ1) is 10.3. The van der Waals surface area contributed by atoms with Gasteiger partial charge in [0, 0.05) is 11.4 Å². The van der Waals surface area contributed by atoms with E-state index in [2.05, 4.69) is 20.8 Å². The highest BCUT2D eigenvalue weighted by molar-refractivity contribution is 7.86. The van der Waals surface area contributed by atoms with Crippen LogP contribution >= 0.6 is 0 Å². The van der Waals surface area contributed by atoms with Gasteiger partial charge in [0.2, 0.25) is 0 Å². The number of anilines is 2. The molecule has 1 rings (SSSR count). The first-order valence-corrected chi connectivity index (χ1v) is 9.11. The number of quaternary nitrogens is 1. The van der Waals surface area contributed by atoms with Gasteiger partial charge in [0.15, 0.2) is 0 Å². The van der Waals surface area contributed by atoms with Crippen LogP contribution < -0.4 is 16.4 Å². The van der Waals surface area contributed by atoms with E-state index in [1.807, 2.05) is 0 Å². The second-order valence-corrected chi connectivity index (χ2v) is 6.60. The van der Waals surface area contributed by atoms with Crippen molar-refractivity contribution in [3.8, 4) is 0 Å². The molecular formula is C15H29N3O3S. The summed E-state index contributed by atoms with van der Waals surface area (Å²) in [5.41, 5.74) is 10.6. The largest absolute Gasteiger partial charge is 0.744 e. The Morgan fingerprint density at radius 1 is 1.00 bits per heavy atom. The van der Waals surface area contributed by atoms with E-state index in [0.717, 1.165) is 6.07 Å². The second kappa shape index (κ2) is 10.4. The highest BCUT2D eigenvalue weighted by Crippen LogP contribution is 2.20. The lowest BCUT2D eigenvalue weighted by Gasteiger charge is -2.16. The minimum absolute atomic E-state index is 0.0841. The van der Waals surface area contributed by atoms with Crippen LogP contribution in [0.1, 0.15) is 40.0 Å². The summed E-state index contributed by atoms with van der Waals surface area (Å²) in [4.78, 5) is 1.31. The highest BCUT2D eigenvalue weighted by Gasteiger charge is 2.05. The molecule has 0 spiro atoms. The molecule has 0 aromatic heterocycles. The molecule has 0 aliphatic rings. The van der Waals surface area contributed by atoms with E-state index in [4.69, 9.17) is 11.5 Å². The van der Waals surface area contributed by atoms with E-state index in [0.29, 0.717) is 0 Å². The Bertz CT molecular complexity index is 519. The lowest BCUT2D eigenvalue weighted by Crippen LogP contribution is -3.11. The molecule has 1 aromatic carbocycles. The number of nitrogen functional groups attached to an aromatic ring is 2. The number of hydrogen-bond donors (Lipinski definition) is 3. The van der Waals surface area contributed by atoms with E-state index in [-0.39, 0.29) is 11.4 Å². The summed E-state index contributed by atoms with van der Waals surface area (Å²) in [6, 6.07) is 3.74. The molecule has 0 heterocycles. The number of hydrogen-bond acceptors (Lipinski definition) is 5. The predicted molar refractivity (Wildman–Crippen MR) is 89.7 cm³/mol. The maximum Gasteiger partial charge on any atom is 0.126 e. The second-order valence-electron chi connectivity index (χ2n) is 5.25.